The van der Waals surface area contributed by atoms with Gasteiger partial charge in [0, 0.05) is 48.6 Å². The summed E-state index contributed by atoms with van der Waals surface area (Å²) in [4.78, 5) is 26.5. The quantitative estimate of drug-likeness (QED) is 0.693. The van der Waals surface area contributed by atoms with Crippen LogP contribution in [-0.2, 0) is 4.79 Å². The highest BCUT2D eigenvalue weighted by molar-refractivity contribution is 7.08. The zero-order valence-corrected chi connectivity index (χ0v) is 17.2. The summed E-state index contributed by atoms with van der Waals surface area (Å²) in [5, 5.41) is 10.6. The molecule has 0 aliphatic carbocycles. The molecule has 1 aromatic heterocycles. The van der Waals surface area contributed by atoms with Gasteiger partial charge in [-0.15, -0.1) is 12.4 Å². The molecule has 146 valence electrons. The maximum absolute atomic E-state index is 12.7. The molecule has 1 unspecified atom stereocenters. The Labute approximate surface area is 174 Å². The van der Waals surface area contributed by atoms with Gasteiger partial charge in [0.2, 0.25) is 5.91 Å². The first-order chi connectivity index (χ1) is 12.7. The van der Waals surface area contributed by atoms with Gasteiger partial charge in [-0.1, -0.05) is 29.8 Å². The number of carbonyl (C=O) groups excluding carboxylic acids is 2. The van der Waals surface area contributed by atoms with Crippen molar-refractivity contribution in [2.24, 2.45) is 0 Å². The van der Waals surface area contributed by atoms with Crippen molar-refractivity contribution >= 4 is 47.2 Å². The SMILES string of the molecule is Cl.O=C(NCCCC(=O)N1CCNCC1c1ccccc1Cl)c1ccsc1. The molecule has 8 heteroatoms. The van der Waals surface area contributed by atoms with Gasteiger partial charge in [-0.3, -0.25) is 9.59 Å². The van der Waals surface area contributed by atoms with E-state index in [2.05, 4.69) is 10.6 Å². The number of benzene rings is 1. The maximum atomic E-state index is 12.7. The number of amides is 2. The van der Waals surface area contributed by atoms with Gasteiger partial charge in [0.15, 0.2) is 0 Å². The third-order valence-corrected chi connectivity index (χ3v) is 5.49. The zero-order chi connectivity index (χ0) is 18.4. The summed E-state index contributed by atoms with van der Waals surface area (Å²) >= 11 is 7.82. The third-order valence-electron chi connectivity index (χ3n) is 4.46. The number of hydrogen-bond acceptors (Lipinski definition) is 4. The van der Waals surface area contributed by atoms with Crippen molar-refractivity contribution in [2.45, 2.75) is 18.9 Å². The standard InChI is InChI=1S/C19H22ClN3O2S.ClH/c20-16-5-2-1-4-15(16)17-12-21-9-10-23(17)18(24)6-3-8-22-19(25)14-7-11-26-13-14;/h1-2,4-5,7,11,13,17,21H,3,6,8-10,12H2,(H,22,25);1H. The van der Waals surface area contributed by atoms with E-state index in [1.807, 2.05) is 39.9 Å². The molecule has 2 amide bonds. The molecule has 0 bridgehead atoms. The Hall–Kier alpha value is -1.60. The number of rotatable bonds is 6. The molecular weight excluding hydrogens is 405 g/mol. The summed E-state index contributed by atoms with van der Waals surface area (Å²) in [5.74, 6) is 0.0102. The first-order valence-corrected chi connectivity index (χ1v) is 10.0. The molecule has 2 aromatic rings. The molecule has 27 heavy (non-hydrogen) atoms. The predicted molar refractivity (Wildman–Crippen MR) is 112 cm³/mol. The number of piperazine rings is 1. The van der Waals surface area contributed by atoms with Gasteiger partial charge in [0.1, 0.15) is 0 Å². The second-order valence-electron chi connectivity index (χ2n) is 6.20. The van der Waals surface area contributed by atoms with Crippen molar-refractivity contribution in [3.63, 3.8) is 0 Å². The molecule has 2 heterocycles. The van der Waals surface area contributed by atoms with Gasteiger partial charge < -0.3 is 15.5 Å². The molecular formula is C19H23Cl2N3O2S. The molecule has 1 saturated heterocycles. The molecule has 0 saturated carbocycles. The van der Waals surface area contributed by atoms with Crippen LogP contribution < -0.4 is 10.6 Å². The molecule has 0 radical (unpaired) electrons. The number of thiophene rings is 1. The van der Waals surface area contributed by atoms with E-state index in [0.29, 0.717) is 43.1 Å². The van der Waals surface area contributed by atoms with E-state index < -0.39 is 0 Å². The topological polar surface area (TPSA) is 61.4 Å². The van der Waals surface area contributed by atoms with Crippen LogP contribution in [0.5, 0.6) is 0 Å². The van der Waals surface area contributed by atoms with Crippen molar-refractivity contribution in [1.82, 2.24) is 15.5 Å². The predicted octanol–water partition coefficient (Wildman–Crippen LogP) is 3.51. The van der Waals surface area contributed by atoms with E-state index in [9.17, 15) is 9.59 Å². The Morgan fingerprint density at radius 2 is 2.11 bits per heavy atom. The molecule has 3 rings (SSSR count). The number of nitrogens with zero attached hydrogens (tertiary/aromatic N) is 1. The minimum absolute atomic E-state index is 0. The summed E-state index contributed by atoms with van der Waals surface area (Å²) in [7, 11) is 0. The Kier molecular flexibility index (Phi) is 8.57. The van der Waals surface area contributed by atoms with Crippen LogP contribution in [0.4, 0.5) is 0 Å². The molecule has 1 aliphatic rings. The van der Waals surface area contributed by atoms with Crippen LogP contribution in [0.2, 0.25) is 5.02 Å². The van der Waals surface area contributed by atoms with Gasteiger partial charge in [0.25, 0.3) is 5.91 Å². The fraction of sp³-hybridized carbons (Fsp3) is 0.368. The average Bonchev–Trinajstić information content (AvgIpc) is 3.20. The number of halogens is 2. The van der Waals surface area contributed by atoms with Crippen molar-refractivity contribution in [3.05, 3.63) is 57.2 Å². The smallest absolute Gasteiger partial charge is 0.252 e. The lowest BCUT2D eigenvalue weighted by Gasteiger charge is -2.37. The number of carbonyl (C=O) groups is 2. The molecule has 1 fully saturated rings. The summed E-state index contributed by atoms with van der Waals surface area (Å²) < 4.78 is 0. The molecule has 1 atom stereocenters. The summed E-state index contributed by atoms with van der Waals surface area (Å²) in [5.41, 5.74) is 1.64. The highest BCUT2D eigenvalue weighted by atomic mass is 35.5. The highest BCUT2D eigenvalue weighted by Gasteiger charge is 2.28. The van der Waals surface area contributed by atoms with Crippen LogP contribution in [-0.4, -0.2) is 42.9 Å². The van der Waals surface area contributed by atoms with E-state index in [-0.39, 0.29) is 30.3 Å². The van der Waals surface area contributed by atoms with E-state index in [0.717, 1.165) is 12.1 Å². The van der Waals surface area contributed by atoms with Crippen molar-refractivity contribution in [1.29, 1.82) is 0 Å². The molecule has 0 spiro atoms. The average molecular weight is 428 g/mol. The largest absolute Gasteiger partial charge is 0.352 e. The van der Waals surface area contributed by atoms with E-state index in [1.54, 1.807) is 6.07 Å². The number of hydrogen-bond donors (Lipinski definition) is 2. The molecule has 5 nitrogen and oxygen atoms in total. The van der Waals surface area contributed by atoms with Crippen LogP contribution in [0.1, 0.15) is 34.8 Å². The Balaban J connectivity index is 0.00000261. The fourth-order valence-corrected chi connectivity index (χ4v) is 4.00. The second-order valence-corrected chi connectivity index (χ2v) is 7.39. The van der Waals surface area contributed by atoms with Gasteiger partial charge in [-0.05, 0) is 29.5 Å². The fourth-order valence-electron chi connectivity index (χ4n) is 3.11. The minimum Gasteiger partial charge on any atom is -0.352 e. The van der Waals surface area contributed by atoms with Gasteiger partial charge in [0.05, 0.1) is 6.04 Å². The summed E-state index contributed by atoms with van der Waals surface area (Å²) in [6.07, 6.45) is 1.03. The Morgan fingerprint density at radius 3 is 2.85 bits per heavy atom. The van der Waals surface area contributed by atoms with E-state index in [1.165, 1.54) is 11.3 Å². The number of nitrogens with one attached hydrogen (secondary N) is 2. The Bertz CT molecular complexity index is 755. The monoisotopic (exact) mass is 427 g/mol. The van der Waals surface area contributed by atoms with Crippen LogP contribution >= 0.6 is 35.3 Å². The highest BCUT2D eigenvalue weighted by Crippen LogP contribution is 2.29. The van der Waals surface area contributed by atoms with E-state index in [4.69, 9.17) is 11.6 Å². The lowest BCUT2D eigenvalue weighted by molar-refractivity contribution is -0.134. The molecule has 1 aliphatic heterocycles. The van der Waals surface area contributed by atoms with Crippen LogP contribution in [0.25, 0.3) is 0 Å². The van der Waals surface area contributed by atoms with Gasteiger partial charge in [-0.2, -0.15) is 11.3 Å². The Morgan fingerprint density at radius 1 is 1.30 bits per heavy atom. The zero-order valence-electron chi connectivity index (χ0n) is 14.8. The lowest BCUT2D eigenvalue weighted by atomic mass is 10.0. The van der Waals surface area contributed by atoms with Crippen LogP contribution in [0, 0.1) is 0 Å². The molecule has 1 aromatic carbocycles. The third kappa shape index (κ3) is 5.69. The second kappa shape index (κ2) is 10.7. The van der Waals surface area contributed by atoms with Gasteiger partial charge in [-0.25, -0.2) is 0 Å². The molecule has 2 N–H and O–H groups in total. The van der Waals surface area contributed by atoms with Crippen LogP contribution in [0.15, 0.2) is 41.1 Å². The van der Waals surface area contributed by atoms with Crippen molar-refractivity contribution in [2.75, 3.05) is 26.2 Å². The normalized spacial score (nSPS) is 16.5. The first kappa shape index (κ1) is 21.7. The summed E-state index contributed by atoms with van der Waals surface area (Å²) in [6, 6.07) is 9.41. The van der Waals surface area contributed by atoms with E-state index >= 15 is 0 Å². The lowest BCUT2D eigenvalue weighted by Crippen LogP contribution is -2.48. The van der Waals surface area contributed by atoms with Crippen molar-refractivity contribution in [3.8, 4) is 0 Å². The van der Waals surface area contributed by atoms with Crippen molar-refractivity contribution < 1.29 is 9.59 Å². The summed E-state index contributed by atoms with van der Waals surface area (Å²) in [6.45, 7) is 2.63. The maximum Gasteiger partial charge on any atom is 0.252 e. The van der Waals surface area contributed by atoms with Crippen LogP contribution in [0.3, 0.4) is 0 Å². The first-order valence-electron chi connectivity index (χ1n) is 8.72. The van der Waals surface area contributed by atoms with Gasteiger partial charge >= 0.3 is 0 Å². The minimum atomic E-state index is -0.0881.